The molecule has 1 aliphatic rings. The van der Waals surface area contributed by atoms with Crippen LogP contribution in [0.4, 0.5) is 14.5 Å². The summed E-state index contributed by atoms with van der Waals surface area (Å²) in [6.45, 7) is 9.20. The van der Waals surface area contributed by atoms with Gasteiger partial charge in [0.05, 0.1) is 10.6 Å². The zero-order chi connectivity index (χ0) is 24.4. The zero-order valence-corrected chi connectivity index (χ0v) is 19.8. The topological polar surface area (TPSA) is 85.0 Å². The number of benzene rings is 2. The average Bonchev–Trinajstić information content (AvgIpc) is 2.76. The summed E-state index contributed by atoms with van der Waals surface area (Å²) in [7, 11) is -3.79. The quantitative estimate of drug-likeness (QED) is 0.336. The zero-order valence-electron chi connectivity index (χ0n) is 19.0. The van der Waals surface area contributed by atoms with E-state index in [9.17, 15) is 17.2 Å². The van der Waals surface area contributed by atoms with E-state index in [-0.39, 0.29) is 22.3 Å². The number of piperidine rings is 1. The number of primary sulfonamides is 1. The van der Waals surface area contributed by atoms with Gasteiger partial charge >= 0.3 is 0 Å². The highest BCUT2D eigenvalue weighted by Crippen LogP contribution is 2.39. The Morgan fingerprint density at radius 3 is 2.39 bits per heavy atom. The van der Waals surface area contributed by atoms with Crippen molar-refractivity contribution >= 4 is 27.2 Å². The minimum Gasteiger partial charge on any atom is -0.368 e. The van der Waals surface area contributed by atoms with Gasteiger partial charge in [-0.1, -0.05) is 23.9 Å². The average molecular weight is 478 g/mol. The van der Waals surface area contributed by atoms with Crippen LogP contribution in [0.1, 0.15) is 56.7 Å². The molecule has 1 saturated heterocycles. The molecule has 6 nitrogen and oxygen atoms in total. The van der Waals surface area contributed by atoms with Crippen molar-refractivity contribution in [2.75, 3.05) is 11.4 Å². The number of halogens is 2. The van der Waals surface area contributed by atoms with Crippen molar-refractivity contribution in [3.63, 3.8) is 0 Å². The largest absolute Gasteiger partial charge is 0.368 e. The van der Waals surface area contributed by atoms with Crippen molar-refractivity contribution < 1.29 is 22.0 Å². The fourth-order valence-electron chi connectivity index (χ4n) is 3.88. The smallest absolute Gasteiger partial charge is 0.272 e. The van der Waals surface area contributed by atoms with E-state index in [0.29, 0.717) is 22.5 Å². The van der Waals surface area contributed by atoms with Crippen LogP contribution in [0.25, 0.3) is 5.76 Å². The highest BCUT2D eigenvalue weighted by molar-refractivity contribution is 7.89. The second kappa shape index (κ2) is 9.61. The van der Waals surface area contributed by atoms with E-state index < -0.39 is 15.9 Å². The number of hydrogen-bond acceptors (Lipinski definition) is 5. The Bertz CT molecular complexity index is 1160. The number of nitrogens with zero attached hydrogens (tertiary/aromatic N) is 2. The van der Waals surface area contributed by atoms with Gasteiger partial charge in [-0.05, 0) is 69.0 Å². The van der Waals surface area contributed by atoms with Crippen molar-refractivity contribution in [1.82, 2.24) is 0 Å². The molecule has 2 N–H and O–H groups in total. The van der Waals surface area contributed by atoms with Gasteiger partial charge in [0.1, 0.15) is 0 Å². The van der Waals surface area contributed by atoms with Crippen molar-refractivity contribution in [2.24, 2.45) is 10.3 Å². The van der Waals surface area contributed by atoms with Gasteiger partial charge < -0.3 is 9.74 Å². The van der Waals surface area contributed by atoms with Crippen molar-refractivity contribution in [3.05, 3.63) is 65.7 Å². The summed E-state index contributed by atoms with van der Waals surface area (Å²) in [6, 6.07) is 10.8. The highest BCUT2D eigenvalue weighted by atomic mass is 32.2. The Hall–Kier alpha value is -2.78. The number of nitrogens with two attached hydrogens (primary N) is 1. The van der Waals surface area contributed by atoms with Gasteiger partial charge in [-0.15, -0.1) is 0 Å². The third-order valence-corrected chi connectivity index (χ3v) is 6.73. The molecule has 1 aliphatic heterocycles. The number of oxime groups is 1. The molecule has 1 heterocycles. The van der Waals surface area contributed by atoms with Crippen LogP contribution in [-0.4, -0.2) is 26.7 Å². The lowest BCUT2D eigenvalue weighted by atomic mass is 9.97. The molecule has 1 fully saturated rings. The molecule has 0 amide bonds. The molecule has 0 saturated carbocycles. The maximum Gasteiger partial charge on any atom is 0.272 e. The van der Waals surface area contributed by atoms with E-state index in [2.05, 4.69) is 18.7 Å². The first-order valence-electron chi connectivity index (χ1n) is 10.7. The molecule has 1 unspecified atom stereocenters. The van der Waals surface area contributed by atoms with Crippen molar-refractivity contribution in [1.29, 1.82) is 0 Å². The van der Waals surface area contributed by atoms with E-state index in [1.54, 1.807) is 31.2 Å². The second-order valence-corrected chi connectivity index (χ2v) is 9.98. The fourth-order valence-corrected chi connectivity index (χ4v) is 4.40. The van der Waals surface area contributed by atoms with E-state index in [1.165, 1.54) is 18.2 Å². The number of sulfonamides is 1. The summed E-state index contributed by atoms with van der Waals surface area (Å²) in [5.41, 5.74) is 1.93. The first-order valence-corrected chi connectivity index (χ1v) is 12.3. The number of hydrogen-bond donors (Lipinski definition) is 1. The fraction of sp³-hybridized carbons (Fsp3) is 0.375. The lowest BCUT2D eigenvalue weighted by molar-refractivity contribution is 0.0178. The van der Waals surface area contributed by atoms with Gasteiger partial charge in [0, 0.05) is 36.3 Å². The monoisotopic (exact) mass is 477 g/mol. The van der Waals surface area contributed by atoms with Crippen LogP contribution in [0.15, 0.2) is 59.1 Å². The third-order valence-electron chi connectivity index (χ3n) is 5.80. The number of rotatable bonds is 7. The number of anilines is 1. The van der Waals surface area contributed by atoms with E-state index in [0.717, 1.165) is 32.7 Å². The molecular formula is C24H29F2N3O3S. The second-order valence-electron chi connectivity index (χ2n) is 8.42. The molecule has 178 valence electrons. The Morgan fingerprint density at radius 1 is 1.18 bits per heavy atom. The maximum atomic E-state index is 14.5. The molecule has 2 aromatic rings. The van der Waals surface area contributed by atoms with Gasteiger partial charge in [0.2, 0.25) is 10.0 Å². The van der Waals surface area contributed by atoms with Crippen LogP contribution in [0, 0.1) is 0 Å². The van der Waals surface area contributed by atoms with E-state index in [4.69, 9.17) is 9.98 Å². The molecule has 1 atom stereocenters. The summed E-state index contributed by atoms with van der Waals surface area (Å²) in [5, 5.41) is 9.12. The SMILES string of the molecule is C=C(O/N=C(\C)c1ccc(S(N)(=O)=O)cc1)c1ccc(N2CCCCC2C)c(C(C)(F)F)c1. The van der Waals surface area contributed by atoms with Crippen LogP contribution in [0.5, 0.6) is 0 Å². The highest BCUT2D eigenvalue weighted by Gasteiger charge is 2.32. The van der Waals surface area contributed by atoms with Crippen LogP contribution in [-0.2, 0) is 20.8 Å². The van der Waals surface area contributed by atoms with Gasteiger partial charge in [-0.25, -0.2) is 22.3 Å². The van der Waals surface area contributed by atoms with Crippen LogP contribution in [0.2, 0.25) is 0 Å². The van der Waals surface area contributed by atoms with Gasteiger partial charge in [-0.3, -0.25) is 0 Å². The standard InChI is InChI=1S/C24H29F2N3O3S/c1-16-7-5-6-14-29(16)23-13-10-20(15-22(23)24(4,25)26)18(3)32-28-17(2)19-8-11-21(12-9-19)33(27,30)31/h8-13,15-16H,3,5-7,14H2,1-2,4H3,(H2,27,30,31)/b28-17+. The molecule has 2 aromatic carbocycles. The van der Waals surface area contributed by atoms with E-state index >= 15 is 0 Å². The van der Waals surface area contributed by atoms with Crippen molar-refractivity contribution in [3.8, 4) is 0 Å². The van der Waals surface area contributed by atoms with Gasteiger partial charge in [0.15, 0.2) is 5.76 Å². The Labute approximate surface area is 193 Å². The normalized spacial score (nSPS) is 17.7. The first kappa shape index (κ1) is 24.9. The Kier molecular flexibility index (Phi) is 7.23. The lowest BCUT2D eigenvalue weighted by Crippen LogP contribution is -2.38. The molecule has 9 heteroatoms. The van der Waals surface area contributed by atoms with Gasteiger partial charge in [0.25, 0.3) is 5.92 Å². The summed E-state index contributed by atoms with van der Waals surface area (Å²) in [5.74, 6) is -2.91. The molecule has 0 aromatic heterocycles. The Balaban J connectivity index is 1.82. The molecular weight excluding hydrogens is 448 g/mol. The molecule has 3 rings (SSSR count). The molecule has 0 spiro atoms. The predicted octanol–water partition coefficient (Wildman–Crippen LogP) is 5.24. The number of alkyl halides is 2. The third kappa shape index (κ3) is 5.97. The van der Waals surface area contributed by atoms with Gasteiger partial charge in [-0.2, -0.15) is 0 Å². The predicted molar refractivity (Wildman–Crippen MR) is 127 cm³/mol. The maximum absolute atomic E-state index is 14.5. The van der Waals surface area contributed by atoms with Crippen molar-refractivity contribution in [2.45, 2.75) is 56.9 Å². The molecule has 0 radical (unpaired) electrons. The first-order chi connectivity index (χ1) is 15.4. The summed E-state index contributed by atoms with van der Waals surface area (Å²) < 4.78 is 51.8. The minimum atomic E-state index is -3.79. The summed E-state index contributed by atoms with van der Waals surface area (Å²) in [4.78, 5) is 7.43. The Morgan fingerprint density at radius 2 is 1.82 bits per heavy atom. The van der Waals surface area contributed by atoms with Crippen LogP contribution < -0.4 is 10.0 Å². The van der Waals surface area contributed by atoms with E-state index in [1.807, 2.05) is 4.90 Å². The molecule has 33 heavy (non-hydrogen) atoms. The summed E-state index contributed by atoms with van der Waals surface area (Å²) in [6.07, 6.45) is 3.04. The van der Waals surface area contributed by atoms with Crippen LogP contribution >= 0.6 is 0 Å². The van der Waals surface area contributed by atoms with Crippen LogP contribution in [0.3, 0.4) is 0 Å². The minimum absolute atomic E-state index is 0.0134. The molecule has 0 bridgehead atoms. The lowest BCUT2D eigenvalue weighted by Gasteiger charge is -2.37. The molecule has 0 aliphatic carbocycles. The summed E-state index contributed by atoms with van der Waals surface area (Å²) >= 11 is 0.